The lowest BCUT2D eigenvalue weighted by Crippen LogP contribution is -2.18. The fourth-order valence-corrected chi connectivity index (χ4v) is 2.18. The van der Waals surface area contributed by atoms with Gasteiger partial charge in [0.25, 0.3) is 0 Å². The minimum absolute atomic E-state index is 0.790. The van der Waals surface area contributed by atoms with Crippen molar-refractivity contribution in [2.45, 2.75) is 25.8 Å². The molecular formula is C10H17ClN2S. The Bertz CT molecular complexity index is 226. The average Bonchev–Trinajstić information content (AvgIpc) is 2.65. The van der Waals surface area contributed by atoms with Crippen molar-refractivity contribution in [3.05, 3.63) is 16.6 Å². The Morgan fingerprint density at radius 3 is 2.93 bits per heavy atom. The van der Waals surface area contributed by atoms with E-state index in [1.807, 2.05) is 11.7 Å². The summed E-state index contributed by atoms with van der Waals surface area (Å²) in [7, 11) is 2.15. The predicted molar refractivity (Wildman–Crippen MR) is 63.0 cm³/mol. The summed E-state index contributed by atoms with van der Waals surface area (Å²) in [6.45, 7) is 2.17. The fraction of sp³-hybridized carbons (Fsp3) is 0.700. The van der Waals surface area contributed by atoms with Crippen LogP contribution in [0.1, 0.15) is 24.1 Å². The molecule has 0 aliphatic heterocycles. The van der Waals surface area contributed by atoms with Crippen LogP contribution in [0.4, 0.5) is 0 Å². The lowest BCUT2D eigenvalue weighted by molar-refractivity contribution is 0.321. The molecular weight excluding hydrogens is 216 g/mol. The van der Waals surface area contributed by atoms with E-state index >= 15 is 0 Å². The van der Waals surface area contributed by atoms with Gasteiger partial charge in [0.05, 0.1) is 5.51 Å². The zero-order chi connectivity index (χ0) is 10.2. The molecule has 80 valence electrons. The minimum atomic E-state index is 0.790. The Balaban J connectivity index is 2.07. The van der Waals surface area contributed by atoms with Crippen molar-refractivity contribution in [3.8, 4) is 0 Å². The molecule has 4 heteroatoms. The van der Waals surface area contributed by atoms with Crippen molar-refractivity contribution in [2.75, 3.05) is 19.5 Å². The van der Waals surface area contributed by atoms with Gasteiger partial charge in [0.2, 0.25) is 0 Å². The van der Waals surface area contributed by atoms with Crippen LogP contribution in [0.25, 0.3) is 0 Å². The van der Waals surface area contributed by atoms with Crippen molar-refractivity contribution < 1.29 is 0 Å². The van der Waals surface area contributed by atoms with Crippen LogP contribution < -0.4 is 0 Å². The molecule has 0 aliphatic rings. The minimum Gasteiger partial charge on any atom is -0.301 e. The van der Waals surface area contributed by atoms with Gasteiger partial charge in [-0.3, -0.25) is 4.98 Å². The van der Waals surface area contributed by atoms with Crippen molar-refractivity contribution in [2.24, 2.45) is 0 Å². The second-order valence-corrected chi connectivity index (χ2v) is 4.80. The molecule has 0 saturated heterocycles. The number of thiazole rings is 1. The van der Waals surface area contributed by atoms with Crippen LogP contribution in [0.15, 0.2) is 11.7 Å². The second-order valence-electron chi connectivity index (χ2n) is 3.46. The molecule has 1 aromatic heterocycles. The normalized spacial score (nSPS) is 11.1. The number of rotatable bonds is 7. The maximum Gasteiger partial charge on any atom is 0.0794 e. The Hall–Kier alpha value is -0.120. The molecule has 0 aliphatic carbocycles. The highest BCUT2D eigenvalue weighted by molar-refractivity contribution is 7.09. The first-order valence-corrected chi connectivity index (χ1v) is 6.36. The molecule has 0 radical (unpaired) electrons. The van der Waals surface area contributed by atoms with E-state index in [0.717, 1.165) is 25.4 Å². The van der Waals surface area contributed by atoms with Crippen LogP contribution in [-0.2, 0) is 6.54 Å². The van der Waals surface area contributed by atoms with E-state index in [0.29, 0.717) is 0 Å². The van der Waals surface area contributed by atoms with Crippen molar-refractivity contribution >= 4 is 22.9 Å². The monoisotopic (exact) mass is 232 g/mol. The molecule has 0 N–H and O–H groups in total. The van der Waals surface area contributed by atoms with Gasteiger partial charge in [-0.25, -0.2) is 0 Å². The van der Waals surface area contributed by atoms with Gasteiger partial charge in [0.15, 0.2) is 0 Å². The molecule has 0 amide bonds. The summed E-state index contributed by atoms with van der Waals surface area (Å²) >= 11 is 7.33. The maximum atomic E-state index is 5.61. The van der Waals surface area contributed by atoms with Gasteiger partial charge in [-0.2, -0.15) is 0 Å². The van der Waals surface area contributed by atoms with Gasteiger partial charge >= 0.3 is 0 Å². The summed E-state index contributed by atoms with van der Waals surface area (Å²) < 4.78 is 0. The number of hydrogen-bond acceptors (Lipinski definition) is 3. The first kappa shape index (κ1) is 12.0. The molecule has 0 saturated carbocycles. The van der Waals surface area contributed by atoms with Crippen LogP contribution >= 0.6 is 22.9 Å². The molecule has 14 heavy (non-hydrogen) atoms. The zero-order valence-corrected chi connectivity index (χ0v) is 10.2. The smallest absolute Gasteiger partial charge is 0.0794 e. The van der Waals surface area contributed by atoms with Gasteiger partial charge in [-0.05, 0) is 26.4 Å². The van der Waals surface area contributed by atoms with E-state index in [-0.39, 0.29) is 0 Å². The molecule has 0 aromatic carbocycles. The van der Waals surface area contributed by atoms with E-state index in [1.165, 1.54) is 17.7 Å². The Labute approximate surface area is 94.9 Å². The average molecular weight is 233 g/mol. The van der Waals surface area contributed by atoms with E-state index in [2.05, 4.69) is 16.9 Å². The largest absolute Gasteiger partial charge is 0.301 e. The summed E-state index contributed by atoms with van der Waals surface area (Å²) in [6.07, 6.45) is 5.55. The van der Waals surface area contributed by atoms with E-state index in [4.69, 9.17) is 11.6 Å². The van der Waals surface area contributed by atoms with Crippen molar-refractivity contribution in [1.29, 1.82) is 0 Å². The van der Waals surface area contributed by atoms with Gasteiger partial charge in [-0.15, -0.1) is 22.9 Å². The SMILES string of the molecule is CN(CCCCCCl)Cc1cncs1. The molecule has 0 atom stereocenters. The van der Waals surface area contributed by atoms with Crippen LogP contribution in [0.2, 0.25) is 0 Å². The van der Waals surface area contributed by atoms with Gasteiger partial charge in [0, 0.05) is 23.5 Å². The quantitative estimate of drug-likeness (QED) is 0.531. The van der Waals surface area contributed by atoms with Gasteiger partial charge in [0.1, 0.15) is 0 Å². The molecule has 0 bridgehead atoms. The number of alkyl halides is 1. The van der Waals surface area contributed by atoms with Crippen LogP contribution in [-0.4, -0.2) is 29.4 Å². The number of unbranched alkanes of at least 4 members (excludes halogenated alkanes) is 2. The van der Waals surface area contributed by atoms with Crippen molar-refractivity contribution in [3.63, 3.8) is 0 Å². The predicted octanol–water partition coefficient (Wildman–Crippen LogP) is 2.98. The summed E-state index contributed by atoms with van der Waals surface area (Å²) in [5.74, 6) is 0.790. The summed E-state index contributed by atoms with van der Waals surface area (Å²) in [6, 6.07) is 0. The molecule has 1 aromatic rings. The van der Waals surface area contributed by atoms with Gasteiger partial charge < -0.3 is 4.90 Å². The highest BCUT2D eigenvalue weighted by Gasteiger charge is 2.00. The maximum absolute atomic E-state index is 5.61. The zero-order valence-electron chi connectivity index (χ0n) is 8.58. The van der Waals surface area contributed by atoms with Crippen molar-refractivity contribution in [1.82, 2.24) is 9.88 Å². The molecule has 0 spiro atoms. The van der Waals surface area contributed by atoms with E-state index < -0.39 is 0 Å². The topological polar surface area (TPSA) is 16.1 Å². The lowest BCUT2D eigenvalue weighted by atomic mass is 10.2. The second kappa shape index (κ2) is 7.21. The van der Waals surface area contributed by atoms with Crippen LogP contribution in [0, 0.1) is 0 Å². The van der Waals surface area contributed by atoms with E-state index in [9.17, 15) is 0 Å². The fourth-order valence-electron chi connectivity index (χ4n) is 1.32. The summed E-state index contributed by atoms with van der Waals surface area (Å²) in [4.78, 5) is 7.73. The molecule has 1 rings (SSSR count). The number of aromatic nitrogens is 1. The number of halogens is 1. The third-order valence-electron chi connectivity index (χ3n) is 2.08. The highest BCUT2D eigenvalue weighted by atomic mass is 35.5. The molecule has 1 heterocycles. The third-order valence-corrected chi connectivity index (χ3v) is 3.11. The third kappa shape index (κ3) is 4.94. The highest BCUT2D eigenvalue weighted by Crippen LogP contribution is 2.09. The van der Waals surface area contributed by atoms with Crippen LogP contribution in [0.3, 0.4) is 0 Å². The number of nitrogens with zero attached hydrogens (tertiary/aromatic N) is 2. The first-order chi connectivity index (χ1) is 6.83. The van der Waals surface area contributed by atoms with Crippen LogP contribution in [0.5, 0.6) is 0 Å². The van der Waals surface area contributed by atoms with E-state index in [1.54, 1.807) is 11.3 Å². The molecule has 2 nitrogen and oxygen atoms in total. The Morgan fingerprint density at radius 2 is 2.29 bits per heavy atom. The standard InChI is InChI=1S/C10H17ClN2S/c1-13(6-4-2-3-5-11)8-10-7-12-9-14-10/h7,9H,2-6,8H2,1H3. The molecule has 0 unspecified atom stereocenters. The van der Waals surface area contributed by atoms with Gasteiger partial charge in [-0.1, -0.05) is 6.42 Å². The summed E-state index contributed by atoms with van der Waals surface area (Å²) in [5, 5.41) is 0. The Morgan fingerprint density at radius 1 is 1.43 bits per heavy atom. The first-order valence-electron chi connectivity index (χ1n) is 4.95. The summed E-state index contributed by atoms with van der Waals surface area (Å²) in [5.41, 5.74) is 1.89. The molecule has 0 fully saturated rings. The number of hydrogen-bond donors (Lipinski definition) is 0. The Kier molecular flexibility index (Phi) is 6.15. The lowest BCUT2D eigenvalue weighted by Gasteiger charge is -2.14.